The lowest BCUT2D eigenvalue weighted by atomic mass is 10.2. The van der Waals surface area contributed by atoms with Crippen molar-refractivity contribution in [3.05, 3.63) is 40.9 Å². The second-order valence-corrected chi connectivity index (χ2v) is 4.35. The summed E-state index contributed by atoms with van der Waals surface area (Å²) in [6.07, 6.45) is 1.96. The second kappa shape index (κ2) is 3.77. The van der Waals surface area contributed by atoms with Crippen molar-refractivity contribution in [3.8, 4) is 5.69 Å². The molecule has 0 N–H and O–H groups in total. The van der Waals surface area contributed by atoms with E-state index in [0.717, 1.165) is 18.9 Å². The lowest BCUT2D eigenvalue weighted by molar-refractivity contribution is 0.503. The highest BCUT2D eigenvalue weighted by atomic mass is 35.5. The van der Waals surface area contributed by atoms with E-state index in [9.17, 15) is 8.78 Å². The molecule has 1 heterocycles. The van der Waals surface area contributed by atoms with Crippen LogP contribution in [0.2, 0.25) is 5.28 Å². The Labute approximate surface area is 101 Å². The maximum absolute atomic E-state index is 13.7. The van der Waals surface area contributed by atoms with Crippen LogP contribution in [-0.2, 0) is 0 Å². The van der Waals surface area contributed by atoms with Crippen LogP contribution in [0, 0.1) is 11.6 Å². The van der Waals surface area contributed by atoms with Crippen LogP contribution in [0.1, 0.15) is 24.6 Å². The normalized spacial score (nSPS) is 15.2. The molecule has 1 aromatic heterocycles. The van der Waals surface area contributed by atoms with Gasteiger partial charge in [-0.25, -0.2) is 8.78 Å². The van der Waals surface area contributed by atoms with E-state index in [4.69, 9.17) is 11.6 Å². The van der Waals surface area contributed by atoms with E-state index in [0.29, 0.717) is 5.82 Å². The average Bonchev–Trinajstić information content (AvgIpc) is 3.08. The molecule has 1 aromatic carbocycles. The van der Waals surface area contributed by atoms with Crippen molar-refractivity contribution >= 4 is 11.6 Å². The average molecular weight is 256 g/mol. The summed E-state index contributed by atoms with van der Waals surface area (Å²) in [6.45, 7) is 0. The van der Waals surface area contributed by atoms with Crippen LogP contribution in [0.4, 0.5) is 8.78 Å². The zero-order valence-electron chi connectivity index (χ0n) is 8.70. The summed E-state index contributed by atoms with van der Waals surface area (Å²) in [4.78, 5) is 0. The molecule has 0 aliphatic heterocycles. The van der Waals surface area contributed by atoms with Crippen molar-refractivity contribution < 1.29 is 8.78 Å². The van der Waals surface area contributed by atoms with E-state index in [1.54, 1.807) is 0 Å². The van der Waals surface area contributed by atoms with E-state index in [2.05, 4.69) is 10.2 Å². The molecule has 3 rings (SSSR count). The second-order valence-electron chi connectivity index (χ2n) is 4.01. The van der Waals surface area contributed by atoms with Gasteiger partial charge >= 0.3 is 0 Å². The minimum atomic E-state index is -0.934. The molecule has 1 aliphatic rings. The Bertz CT molecular complexity index is 578. The zero-order valence-corrected chi connectivity index (χ0v) is 9.46. The predicted molar refractivity (Wildman–Crippen MR) is 58.3 cm³/mol. The van der Waals surface area contributed by atoms with Crippen LogP contribution in [0.25, 0.3) is 5.69 Å². The van der Waals surface area contributed by atoms with Gasteiger partial charge in [0.2, 0.25) is 5.28 Å². The first-order valence-corrected chi connectivity index (χ1v) is 5.61. The maximum Gasteiger partial charge on any atom is 0.229 e. The van der Waals surface area contributed by atoms with Gasteiger partial charge in [-0.05, 0) is 36.6 Å². The largest absolute Gasteiger partial charge is 0.266 e. The molecule has 1 saturated carbocycles. The molecule has 88 valence electrons. The first-order chi connectivity index (χ1) is 8.18. The highest BCUT2D eigenvalue weighted by Gasteiger charge is 2.31. The Morgan fingerprint density at radius 3 is 2.71 bits per heavy atom. The number of nitrogens with zero attached hydrogens (tertiary/aromatic N) is 3. The van der Waals surface area contributed by atoms with Crippen molar-refractivity contribution in [3.63, 3.8) is 0 Å². The molecule has 0 saturated heterocycles. The molecular formula is C11H8ClF2N3. The van der Waals surface area contributed by atoms with Crippen LogP contribution in [-0.4, -0.2) is 14.8 Å². The van der Waals surface area contributed by atoms with Crippen LogP contribution in [0.5, 0.6) is 0 Å². The van der Waals surface area contributed by atoms with Crippen LogP contribution in [0.15, 0.2) is 18.2 Å². The SMILES string of the molecule is Fc1cccc(-n2c(Cl)nnc2C2CC2)c1F. The van der Waals surface area contributed by atoms with Crippen molar-refractivity contribution in [2.75, 3.05) is 0 Å². The molecule has 17 heavy (non-hydrogen) atoms. The van der Waals surface area contributed by atoms with Gasteiger partial charge in [0.05, 0.1) is 5.69 Å². The quantitative estimate of drug-likeness (QED) is 0.826. The molecule has 0 unspecified atom stereocenters. The van der Waals surface area contributed by atoms with Crippen molar-refractivity contribution in [1.29, 1.82) is 0 Å². The summed E-state index contributed by atoms with van der Waals surface area (Å²) in [5, 5.41) is 7.68. The Balaban J connectivity index is 2.20. The fraction of sp³-hybridized carbons (Fsp3) is 0.273. The zero-order chi connectivity index (χ0) is 12.0. The van der Waals surface area contributed by atoms with Gasteiger partial charge in [-0.2, -0.15) is 0 Å². The summed E-state index contributed by atoms with van der Waals surface area (Å²) in [6, 6.07) is 3.95. The lowest BCUT2D eigenvalue weighted by Crippen LogP contribution is -2.04. The minimum absolute atomic E-state index is 0.0522. The number of benzene rings is 1. The van der Waals surface area contributed by atoms with Gasteiger partial charge in [-0.15, -0.1) is 10.2 Å². The molecule has 1 aliphatic carbocycles. The lowest BCUT2D eigenvalue weighted by Gasteiger charge is -2.08. The highest BCUT2D eigenvalue weighted by molar-refractivity contribution is 6.28. The predicted octanol–water partition coefficient (Wildman–Crippen LogP) is 3.08. The Morgan fingerprint density at radius 1 is 1.24 bits per heavy atom. The molecule has 1 fully saturated rings. The van der Waals surface area contributed by atoms with E-state index in [1.807, 2.05) is 0 Å². The van der Waals surface area contributed by atoms with Gasteiger partial charge in [-0.1, -0.05) is 6.07 Å². The standard InChI is InChI=1S/C11H8ClF2N3/c12-11-16-15-10(6-4-5-6)17(11)8-3-1-2-7(13)9(8)14/h1-3,6H,4-5H2. The maximum atomic E-state index is 13.7. The van der Waals surface area contributed by atoms with Crippen molar-refractivity contribution in [2.45, 2.75) is 18.8 Å². The highest BCUT2D eigenvalue weighted by Crippen LogP contribution is 2.40. The van der Waals surface area contributed by atoms with Crippen LogP contribution >= 0.6 is 11.6 Å². The van der Waals surface area contributed by atoms with E-state index >= 15 is 0 Å². The summed E-state index contributed by atoms with van der Waals surface area (Å²) in [5.74, 6) is -0.998. The molecule has 3 nitrogen and oxygen atoms in total. The van der Waals surface area contributed by atoms with Gasteiger partial charge < -0.3 is 0 Å². The summed E-state index contributed by atoms with van der Waals surface area (Å²) in [7, 11) is 0. The summed E-state index contributed by atoms with van der Waals surface area (Å²) >= 11 is 5.88. The van der Waals surface area contributed by atoms with E-state index in [1.165, 1.54) is 16.7 Å². The fourth-order valence-electron chi connectivity index (χ4n) is 1.77. The van der Waals surface area contributed by atoms with Crippen molar-refractivity contribution in [1.82, 2.24) is 14.8 Å². The number of aromatic nitrogens is 3. The summed E-state index contributed by atoms with van der Waals surface area (Å²) in [5.41, 5.74) is 0.0573. The third kappa shape index (κ3) is 1.70. The minimum Gasteiger partial charge on any atom is -0.266 e. The molecule has 0 spiro atoms. The van der Waals surface area contributed by atoms with E-state index < -0.39 is 11.6 Å². The first kappa shape index (κ1) is 10.7. The van der Waals surface area contributed by atoms with Crippen LogP contribution in [0.3, 0.4) is 0 Å². The Kier molecular flexibility index (Phi) is 2.36. The molecule has 6 heteroatoms. The van der Waals surface area contributed by atoms with Gasteiger partial charge in [0, 0.05) is 5.92 Å². The first-order valence-electron chi connectivity index (χ1n) is 5.23. The topological polar surface area (TPSA) is 30.7 Å². The van der Waals surface area contributed by atoms with Gasteiger partial charge in [-0.3, -0.25) is 4.57 Å². The molecule has 2 aromatic rings. The van der Waals surface area contributed by atoms with Crippen molar-refractivity contribution in [2.24, 2.45) is 0 Å². The Morgan fingerprint density at radius 2 is 2.00 bits per heavy atom. The summed E-state index contributed by atoms with van der Waals surface area (Å²) < 4.78 is 28.3. The number of hydrogen-bond acceptors (Lipinski definition) is 2. The van der Waals surface area contributed by atoms with Crippen LogP contribution < -0.4 is 0 Å². The molecule has 0 atom stereocenters. The fourth-order valence-corrected chi connectivity index (χ4v) is 1.99. The molecule has 0 bridgehead atoms. The molecule has 0 amide bonds. The van der Waals surface area contributed by atoms with Gasteiger partial charge in [0.25, 0.3) is 0 Å². The third-order valence-electron chi connectivity index (χ3n) is 2.76. The molecular weight excluding hydrogens is 248 g/mol. The number of halogens is 3. The Hall–Kier alpha value is -1.49. The third-order valence-corrected chi connectivity index (χ3v) is 3.01. The van der Waals surface area contributed by atoms with E-state index in [-0.39, 0.29) is 16.9 Å². The molecule has 0 radical (unpaired) electrons. The monoisotopic (exact) mass is 255 g/mol. The number of hydrogen-bond donors (Lipinski definition) is 0. The van der Waals surface area contributed by atoms with Gasteiger partial charge in [0.1, 0.15) is 5.82 Å². The number of rotatable bonds is 2. The smallest absolute Gasteiger partial charge is 0.229 e. The van der Waals surface area contributed by atoms with Gasteiger partial charge in [0.15, 0.2) is 11.6 Å².